The molecule has 2 aromatic rings. The molecule has 2 aromatic carbocycles. The van der Waals surface area contributed by atoms with Gasteiger partial charge in [0.25, 0.3) is 0 Å². The highest BCUT2D eigenvalue weighted by molar-refractivity contribution is 5.89. The number of anilines is 1. The summed E-state index contributed by atoms with van der Waals surface area (Å²) in [5, 5.41) is 12.2. The van der Waals surface area contributed by atoms with Gasteiger partial charge in [0, 0.05) is 6.54 Å². The van der Waals surface area contributed by atoms with E-state index in [-0.39, 0.29) is 5.56 Å². The summed E-state index contributed by atoms with van der Waals surface area (Å²) >= 11 is 0. The topological polar surface area (TPSA) is 67.8 Å². The van der Waals surface area contributed by atoms with Crippen molar-refractivity contribution in [3.05, 3.63) is 53.6 Å². The van der Waals surface area contributed by atoms with Gasteiger partial charge >= 0.3 is 5.97 Å². The molecule has 0 saturated carbocycles. The Morgan fingerprint density at radius 1 is 1.14 bits per heavy atom. The third-order valence-electron chi connectivity index (χ3n) is 3.06. The molecule has 0 atom stereocenters. The van der Waals surface area contributed by atoms with Crippen molar-refractivity contribution >= 4 is 11.7 Å². The lowest BCUT2D eigenvalue weighted by Gasteiger charge is -2.12. The summed E-state index contributed by atoms with van der Waals surface area (Å²) in [5.41, 5.74) is 1.88. The maximum Gasteiger partial charge on any atom is 0.335 e. The molecule has 0 saturated heterocycles. The molecule has 0 spiro atoms. The monoisotopic (exact) mass is 287 g/mol. The Morgan fingerprint density at radius 3 is 2.62 bits per heavy atom. The van der Waals surface area contributed by atoms with Gasteiger partial charge in [-0.25, -0.2) is 4.79 Å². The van der Waals surface area contributed by atoms with Gasteiger partial charge in [0.2, 0.25) is 0 Å². The van der Waals surface area contributed by atoms with Crippen LogP contribution in [0.5, 0.6) is 11.5 Å². The third kappa shape index (κ3) is 3.66. The SMILES string of the molecule is COc1cccc(CNc2cc(C(=O)O)ccc2OC)c1. The van der Waals surface area contributed by atoms with E-state index in [0.29, 0.717) is 18.0 Å². The summed E-state index contributed by atoms with van der Waals surface area (Å²) in [5.74, 6) is 0.408. The number of hydrogen-bond donors (Lipinski definition) is 2. The Balaban J connectivity index is 2.17. The second kappa shape index (κ2) is 6.65. The molecule has 5 heteroatoms. The molecule has 0 fully saturated rings. The van der Waals surface area contributed by atoms with E-state index >= 15 is 0 Å². The van der Waals surface area contributed by atoms with Gasteiger partial charge in [-0.2, -0.15) is 0 Å². The molecule has 0 aliphatic carbocycles. The van der Waals surface area contributed by atoms with Crippen LogP contribution in [0.3, 0.4) is 0 Å². The molecule has 0 unspecified atom stereocenters. The van der Waals surface area contributed by atoms with E-state index in [9.17, 15) is 4.79 Å². The molecular formula is C16H17NO4. The summed E-state index contributed by atoms with van der Waals surface area (Å²) in [6, 6.07) is 12.4. The predicted octanol–water partition coefficient (Wildman–Crippen LogP) is 3.01. The number of carbonyl (C=O) groups is 1. The van der Waals surface area contributed by atoms with E-state index in [1.165, 1.54) is 6.07 Å². The lowest BCUT2D eigenvalue weighted by Crippen LogP contribution is -2.04. The van der Waals surface area contributed by atoms with Crippen molar-refractivity contribution in [1.82, 2.24) is 0 Å². The number of methoxy groups -OCH3 is 2. The van der Waals surface area contributed by atoms with Gasteiger partial charge in [-0.3, -0.25) is 0 Å². The second-order valence-corrected chi connectivity index (χ2v) is 4.43. The average Bonchev–Trinajstić information content (AvgIpc) is 2.52. The minimum absolute atomic E-state index is 0.212. The number of aromatic carboxylic acids is 1. The van der Waals surface area contributed by atoms with Crippen LogP contribution in [0.2, 0.25) is 0 Å². The van der Waals surface area contributed by atoms with Crippen molar-refractivity contribution in [1.29, 1.82) is 0 Å². The fourth-order valence-electron chi connectivity index (χ4n) is 1.96. The van der Waals surface area contributed by atoms with E-state index in [4.69, 9.17) is 14.6 Å². The fraction of sp³-hybridized carbons (Fsp3) is 0.188. The van der Waals surface area contributed by atoms with Crippen molar-refractivity contribution in [2.24, 2.45) is 0 Å². The van der Waals surface area contributed by atoms with Crippen LogP contribution in [0.4, 0.5) is 5.69 Å². The van der Waals surface area contributed by atoms with Crippen LogP contribution < -0.4 is 14.8 Å². The van der Waals surface area contributed by atoms with Gasteiger partial charge in [0.05, 0.1) is 25.5 Å². The van der Waals surface area contributed by atoms with E-state index < -0.39 is 5.97 Å². The number of hydrogen-bond acceptors (Lipinski definition) is 4. The summed E-state index contributed by atoms with van der Waals surface area (Å²) in [6.07, 6.45) is 0. The molecule has 2 N–H and O–H groups in total. The zero-order valence-electron chi connectivity index (χ0n) is 11.9. The molecule has 110 valence electrons. The van der Waals surface area contributed by atoms with Crippen molar-refractivity contribution in [2.45, 2.75) is 6.54 Å². The molecule has 0 radical (unpaired) electrons. The smallest absolute Gasteiger partial charge is 0.335 e. The van der Waals surface area contributed by atoms with Crippen LogP contribution in [0.1, 0.15) is 15.9 Å². The standard InChI is InChI=1S/C16H17NO4/c1-20-13-5-3-4-11(8-13)10-17-14-9-12(16(18)19)6-7-15(14)21-2/h3-9,17H,10H2,1-2H3,(H,18,19). The van der Waals surface area contributed by atoms with Crippen LogP contribution in [0.25, 0.3) is 0 Å². The number of ether oxygens (including phenoxy) is 2. The molecule has 0 aromatic heterocycles. The highest BCUT2D eigenvalue weighted by Crippen LogP contribution is 2.26. The van der Waals surface area contributed by atoms with Crippen LogP contribution in [-0.2, 0) is 6.54 Å². The molecule has 5 nitrogen and oxygen atoms in total. The van der Waals surface area contributed by atoms with E-state index in [0.717, 1.165) is 11.3 Å². The number of rotatable bonds is 6. The third-order valence-corrected chi connectivity index (χ3v) is 3.06. The minimum Gasteiger partial charge on any atom is -0.497 e. The summed E-state index contributed by atoms with van der Waals surface area (Å²) in [4.78, 5) is 11.0. The highest BCUT2D eigenvalue weighted by Gasteiger charge is 2.09. The molecule has 0 bridgehead atoms. The first kappa shape index (κ1) is 14.7. The first-order valence-electron chi connectivity index (χ1n) is 6.42. The van der Waals surface area contributed by atoms with Crippen molar-refractivity contribution < 1.29 is 19.4 Å². The van der Waals surface area contributed by atoms with Gasteiger partial charge in [0.1, 0.15) is 11.5 Å². The lowest BCUT2D eigenvalue weighted by atomic mass is 10.1. The lowest BCUT2D eigenvalue weighted by molar-refractivity contribution is 0.0697. The van der Waals surface area contributed by atoms with Crippen LogP contribution in [-0.4, -0.2) is 25.3 Å². The molecule has 0 aliphatic heterocycles. The zero-order valence-corrected chi connectivity index (χ0v) is 11.9. The normalized spacial score (nSPS) is 10.0. The van der Waals surface area contributed by atoms with Crippen molar-refractivity contribution in [3.8, 4) is 11.5 Å². The van der Waals surface area contributed by atoms with Crippen LogP contribution >= 0.6 is 0 Å². The fourth-order valence-corrected chi connectivity index (χ4v) is 1.96. The minimum atomic E-state index is -0.970. The van der Waals surface area contributed by atoms with Crippen molar-refractivity contribution in [2.75, 3.05) is 19.5 Å². The predicted molar refractivity (Wildman–Crippen MR) is 80.3 cm³/mol. The number of benzene rings is 2. The Labute approximate surface area is 123 Å². The Bertz CT molecular complexity index is 640. The highest BCUT2D eigenvalue weighted by atomic mass is 16.5. The van der Waals surface area contributed by atoms with Crippen LogP contribution in [0, 0.1) is 0 Å². The molecular weight excluding hydrogens is 270 g/mol. The number of carboxylic acids is 1. The zero-order chi connectivity index (χ0) is 15.2. The quantitative estimate of drug-likeness (QED) is 0.854. The number of nitrogens with one attached hydrogen (secondary N) is 1. The van der Waals surface area contributed by atoms with Gasteiger partial charge in [-0.05, 0) is 35.9 Å². The van der Waals surface area contributed by atoms with Gasteiger partial charge in [-0.1, -0.05) is 12.1 Å². The Morgan fingerprint density at radius 2 is 1.95 bits per heavy atom. The summed E-state index contributed by atoms with van der Waals surface area (Å²) in [6.45, 7) is 0.538. The van der Waals surface area contributed by atoms with Gasteiger partial charge in [-0.15, -0.1) is 0 Å². The molecule has 0 amide bonds. The summed E-state index contributed by atoms with van der Waals surface area (Å²) < 4.78 is 10.4. The van der Waals surface area contributed by atoms with Gasteiger partial charge < -0.3 is 19.9 Å². The Kier molecular flexibility index (Phi) is 4.66. The molecule has 2 rings (SSSR count). The van der Waals surface area contributed by atoms with E-state index in [2.05, 4.69) is 5.32 Å². The first-order chi connectivity index (χ1) is 10.1. The maximum atomic E-state index is 11.0. The van der Waals surface area contributed by atoms with Crippen LogP contribution in [0.15, 0.2) is 42.5 Å². The molecule has 21 heavy (non-hydrogen) atoms. The van der Waals surface area contributed by atoms with E-state index in [1.807, 2.05) is 24.3 Å². The van der Waals surface area contributed by atoms with Gasteiger partial charge in [0.15, 0.2) is 0 Å². The average molecular weight is 287 g/mol. The molecule has 0 aliphatic rings. The van der Waals surface area contributed by atoms with Crippen molar-refractivity contribution in [3.63, 3.8) is 0 Å². The van der Waals surface area contributed by atoms with E-state index in [1.54, 1.807) is 26.4 Å². The molecule has 0 heterocycles. The maximum absolute atomic E-state index is 11.0. The first-order valence-corrected chi connectivity index (χ1v) is 6.42. The number of carboxylic acid groups (broad SMARTS) is 1. The Hall–Kier alpha value is -2.69. The largest absolute Gasteiger partial charge is 0.497 e. The summed E-state index contributed by atoms with van der Waals surface area (Å²) in [7, 11) is 3.17. The second-order valence-electron chi connectivity index (χ2n) is 4.43.